The molecule has 0 aliphatic heterocycles. The summed E-state index contributed by atoms with van der Waals surface area (Å²) in [7, 11) is 0. The average Bonchev–Trinajstić information content (AvgIpc) is 2.62. The van der Waals surface area contributed by atoms with Crippen molar-refractivity contribution in [3.8, 4) is 0 Å². The minimum absolute atomic E-state index is 0.286. The fraction of sp³-hybridized carbons (Fsp3) is 0.429. The third kappa shape index (κ3) is 0.700. The topological polar surface area (TPSA) is 12.0 Å². The third-order valence-electron chi connectivity index (χ3n) is 2.08. The van der Waals surface area contributed by atoms with E-state index < -0.39 is 0 Å². The molecular weight excluding hydrogens is 178 g/mol. The molecule has 0 amide bonds. The molecule has 1 nitrogen and oxygen atoms in total. The first kappa shape index (κ1) is 5.69. The number of fused-ring (bicyclic) bond motifs is 1. The molecule has 48 valence electrons. The van der Waals surface area contributed by atoms with Crippen molar-refractivity contribution >= 4 is 16.1 Å². The third-order valence-corrected chi connectivity index (χ3v) is 2.82. The molecule has 2 rings (SSSR count). The number of hydrogen-bond acceptors (Lipinski definition) is 1. The van der Waals surface area contributed by atoms with Crippen LogP contribution >= 0.6 is 16.1 Å². The molecule has 0 radical (unpaired) electrons. The highest BCUT2D eigenvalue weighted by atomic mass is 79.9. The Labute approximate surface area is 63.2 Å². The van der Waals surface area contributed by atoms with E-state index >= 15 is 0 Å². The highest BCUT2D eigenvalue weighted by molar-refractivity contribution is 9.08. The Bertz CT molecular complexity index is 185. The summed E-state index contributed by atoms with van der Waals surface area (Å²) in [4.78, 5) is 0. The molecule has 0 saturated heterocycles. The molecular formula is C7H8BrN. The summed E-state index contributed by atoms with van der Waals surface area (Å²) >= 11 is 3.27. The smallest absolute Gasteiger partial charge is 0.0538 e. The van der Waals surface area contributed by atoms with Crippen LogP contribution in [0.5, 0.6) is 0 Å². The summed E-state index contributed by atoms with van der Waals surface area (Å²) in [5.74, 6) is 0.738. The van der Waals surface area contributed by atoms with Gasteiger partial charge in [0.15, 0.2) is 0 Å². The first-order valence-corrected chi connectivity index (χ1v) is 3.90. The lowest BCUT2D eigenvalue weighted by molar-refractivity contribution is 0.742. The van der Waals surface area contributed by atoms with Gasteiger partial charge in [-0.1, -0.05) is 24.3 Å². The quantitative estimate of drug-likeness (QED) is 0.615. The average molecular weight is 186 g/mol. The molecule has 1 N–H and O–H groups in total. The van der Waals surface area contributed by atoms with E-state index in [2.05, 4.69) is 44.8 Å². The predicted molar refractivity (Wildman–Crippen MR) is 41.2 cm³/mol. The Morgan fingerprint density at radius 3 is 3.00 bits per heavy atom. The molecule has 9 heavy (non-hydrogen) atoms. The lowest BCUT2D eigenvalue weighted by Crippen LogP contribution is -2.22. The maximum absolute atomic E-state index is 3.27. The van der Waals surface area contributed by atoms with E-state index in [-0.39, 0.29) is 5.54 Å². The van der Waals surface area contributed by atoms with E-state index in [0.717, 1.165) is 5.92 Å². The van der Waals surface area contributed by atoms with Gasteiger partial charge in [-0.25, -0.2) is 4.34 Å². The normalized spacial score (nSPS) is 44.8. The molecule has 0 aromatic carbocycles. The van der Waals surface area contributed by atoms with Crippen molar-refractivity contribution in [3.05, 3.63) is 24.3 Å². The van der Waals surface area contributed by atoms with Crippen LogP contribution in [0.2, 0.25) is 0 Å². The summed E-state index contributed by atoms with van der Waals surface area (Å²) in [5.41, 5.74) is 0.286. The van der Waals surface area contributed by atoms with Crippen molar-refractivity contribution in [2.75, 3.05) is 0 Å². The van der Waals surface area contributed by atoms with E-state index in [1.807, 2.05) is 0 Å². The van der Waals surface area contributed by atoms with Gasteiger partial charge in [-0.3, -0.25) is 0 Å². The van der Waals surface area contributed by atoms with E-state index in [1.54, 1.807) is 0 Å². The Hall–Kier alpha value is -0.0800. The van der Waals surface area contributed by atoms with Gasteiger partial charge < -0.3 is 0 Å². The number of nitrogens with one attached hydrogen (secondary N) is 1. The van der Waals surface area contributed by atoms with Crippen LogP contribution in [0.3, 0.4) is 0 Å². The predicted octanol–water partition coefficient (Wildman–Crippen LogP) is 1.77. The van der Waals surface area contributed by atoms with Crippen molar-refractivity contribution in [1.82, 2.24) is 4.34 Å². The van der Waals surface area contributed by atoms with Gasteiger partial charge >= 0.3 is 0 Å². The fourth-order valence-electron chi connectivity index (χ4n) is 1.30. The van der Waals surface area contributed by atoms with Gasteiger partial charge in [0, 0.05) is 22.1 Å². The van der Waals surface area contributed by atoms with Crippen molar-refractivity contribution in [1.29, 1.82) is 0 Å². The SMILES string of the molecule is BrNC12C=CC=CC1C2. The molecule has 0 bridgehead atoms. The minimum Gasteiger partial charge on any atom is -0.245 e. The highest BCUT2D eigenvalue weighted by Gasteiger charge is 2.50. The molecule has 2 atom stereocenters. The molecule has 2 unspecified atom stereocenters. The van der Waals surface area contributed by atoms with Gasteiger partial charge in [0.2, 0.25) is 0 Å². The molecule has 0 spiro atoms. The number of halogens is 1. The van der Waals surface area contributed by atoms with Gasteiger partial charge in [0.1, 0.15) is 0 Å². The maximum Gasteiger partial charge on any atom is 0.0538 e. The monoisotopic (exact) mass is 185 g/mol. The molecule has 2 aliphatic carbocycles. The van der Waals surface area contributed by atoms with Gasteiger partial charge in [-0.05, 0) is 6.42 Å². The lowest BCUT2D eigenvalue weighted by atomic mass is 10.1. The van der Waals surface area contributed by atoms with Gasteiger partial charge in [-0.15, -0.1) is 0 Å². The molecule has 2 aliphatic rings. The summed E-state index contributed by atoms with van der Waals surface area (Å²) < 4.78 is 3.13. The van der Waals surface area contributed by atoms with Crippen LogP contribution in [0.15, 0.2) is 24.3 Å². The first-order chi connectivity index (χ1) is 4.37. The molecule has 0 heterocycles. The van der Waals surface area contributed by atoms with Crippen LogP contribution < -0.4 is 4.34 Å². The van der Waals surface area contributed by atoms with Gasteiger partial charge in [-0.2, -0.15) is 0 Å². The number of allylic oxidation sites excluding steroid dienone is 2. The largest absolute Gasteiger partial charge is 0.245 e. The summed E-state index contributed by atoms with van der Waals surface area (Å²) in [5, 5.41) is 0. The highest BCUT2D eigenvalue weighted by Crippen LogP contribution is 2.47. The number of rotatable bonds is 1. The first-order valence-electron chi connectivity index (χ1n) is 3.11. The zero-order chi connectivity index (χ0) is 6.32. The van der Waals surface area contributed by atoms with Crippen LogP contribution in [0.4, 0.5) is 0 Å². The molecule has 1 saturated carbocycles. The van der Waals surface area contributed by atoms with E-state index in [9.17, 15) is 0 Å². The Morgan fingerprint density at radius 2 is 2.44 bits per heavy atom. The van der Waals surface area contributed by atoms with Crippen LogP contribution in [0.25, 0.3) is 0 Å². The van der Waals surface area contributed by atoms with Crippen molar-refractivity contribution < 1.29 is 0 Å². The number of hydrogen-bond donors (Lipinski definition) is 1. The second-order valence-electron chi connectivity index (χ2n) is 2.69. The van der Waals surface area contributed by atoms with Crippen molar-refractivity contribution in [2.24, 2.45) is 5.92 Å². The summed E-state index contributed by atoms with van der Waals surface area (Å²) in [6.07, 6.45) is 9.91. The van der Waals surface area contributed by atoms with Gasteiger partial charge in [0.25, 0.3) is 0 Å². The second-order valence-corrected chi connectivity index (χ2v) is 3.09. The minimum atomic E-state index is 0.286. The molecule has 2 heteroatoms. The van der Waals surface area contributed by atoms with E-state index in [1.165, 1.54) is 6.42 Å². The maximum atomic E-state index is 3.27. The Morgan fingerprint density at radius 1 is 1.56 bits per heavy atom. The zero-order valence-electron chi connectivity index (χ0n) is 4.97. The van der Waals surface area contributed by atoms with Crippen molar-refractivity contribution in [3.63, 3.8) is 0 Å². The fourth-order valence-corrected chi connectivity index (χ4v) is 1.89. The van der Waals surface area contributed by atoms with Crippen molar-refractivity contribution in [2.45, 2.75) is 12.0 Å². The molecule has 0 aromatic rings. The Balaban J connectivity index is 2.23. The van der Waals surface area contributed by atoms with Crippen LogP contribution in [-0.2, 0) is 0 Å². The zero-order valence-corrected chi connectivity index (χ0v) is 6.56. The second kappa shape index (κ2) is 1.70. The lowest BCUT2D eigenvalue weighted by Gasteiger charge is -2.09. The van der Waals surface area contributed by atoms with Crippen LogP contribution in [0, 0.1) is 5.92 Å². The van der Waals surface area contributed by atoms with E-state index in [0.29, 0.717) is 0 Å². The summed E-state index contributed by atoms with van der Waals surface area (Å²) in [6, 6.07) is 0. The van der Waals surface area contributed by atoms with Crippen LogP contribution in [-0.4, -0.2) is 5.54 Å². The van der Waals surface area contributed by atoms with Crippen LogP contribution in [0.1, 0.15) is 6.42 Å². The van der Waals surface area contributed by atoms with Gasteiger partial charge in [0.05, 0.1) is 5.54 Å². The standard InChI is InChI=1S/C7H8BrN/c8-9-7-4-2-1-3-6(7)5-7/h1-4,6,9H,5H2. The Kier molecular flexibility index (Phi) is 1.08. The molecule has 1 fully saturated rings. The molecule has 0 aromatic heterocycles. The van der Waals surface area contributed by atoms with E-state index in [4.69, 9.17) is 0 Å². The summed E-state index contributed by atoms with van der Waals surface area (Å²) in [6.45, 7) is 0.